The third-order valence-electron chi connectivity index (χ3n) is 3.93. The van der Waals surface area contributed by atoms with Gasteiger partial charge in [0.15, 0.2) is 0 Å². The summed E-state index contributed by atoms with van der Waals surface area (Å²) in [4.78, 5) is 4.93. The van der Waals surface area contributed by atoms with Gasteiger partial charge < -0.3 is 15.1 Å². The lowest BCUT2D eigenvalue weighted by Gasteiger charge is -2.21. The van der Waals surface area contributed by atoms with Crippen LogP contribution in [-0.4, -0.2) is 50.7 Å². The summed E-state index contributed by atoms with van der Waals surface area (Å²) in [6.07, 6.45) is 2.55. The third kappa shape index (κ3) is 4.51. The number of para-hydroxylation sites is 1. The molecule has 1 aromatic rings. The number of hydrogen-bond donors (Lipinski definition) is 1. The molecule has 0 saturated carbocycles. The van der Waals surface area contributed by atoms with E-state index in [4.69, 9.17) is 0 Å². The van der Waals surface area contributed by atoms with Crippen molar-refractivity contribution < 1.29 is 0 Å². The first-order valence-electron chi connectivity index (χ1n) is 7.51. The lowest BCUT2D eigenvalue weighted by atomic mass is 10.2. The van der Waals surface area contributed by atoms with E-state index in [1.54, 1.807) is 0 Å². The molecule has 1 aliphatic rings. The van der Waals surface area contributed by atoms with Crippen molar-refractivity contribution in [1.82, 2.24) is 10.2 Å². The molecule has 0 bridgehead atoms. The zero-order valence-corrected chi connectivity index (χ0v) is 12.3. The number of anilines is 1. The van der Waals surface area contributed by atoms with E-state index in [1.807, 2.05) is 0 Å². The highest BCUT2D eigenvalue weighted by Gasteiger charge is 2.20. The van der Waals surface area contributed by atoms with E-state index in [1.165, 1.54) is 38.2 Å². The second-order valence-corrected chi connectivity index (χ2v) is 5.45. The molecule has 3 nitrogen and oxygen atoms in total. The SMILES string of the molecule is CCNC1CCN(CCCN(C)c2ccccc2)C1. The van der Waals surface area contributed by atoms with Crippen molar-refractivity contribution in [1.29, 1.82) is 0 Å². The van der Waals surface area contributed by atoms with E-state index in [0.29, 0.717) is 0 Å². The minimum atomic E-state index is 0.719. The summed E-state index contributed by atoms with van der Waals surface area (Å²) >= 11 is 0. The van der Waals surface area contributed by atoms with E-state index >= 15 is 0 Å². The van der Waals surface area contributed by atoms with E-state index in [2.05, 4.69) is 59.4 Å². The van der Waals surface area contributed by atoms with Gasteiger partial charge in [0.05, 0.1) is 0 Å². The number of likely N-dealkylation sites (N-methyl/N-ethyl adjacent to an activating group) is 1. The smallest absolute Gasteiger partial charge is 0.0363 e. The van der Waals surface area contributed by atoms with E-state index in [-0.39, 0.29) is 0 Å². The van der Waals surface area contributed by atoms with Crippen molar-refractivity contribution in [2.24, 2.45) is 0 Å². The molecule has 1 aromatic carbocycles. The highest BCUT2D eigenvalue weighted by molar-refractivity contribution is 5.44. The van der Waals surface area contributed by atoms with E-state index < -0.39 is 0 Å². The lowest BCUT2D eigenvalue weighted by Crippen LogP contribution is -2.33. The molecule has 106 valence electrons. The molecule has 1 saturated heterocycles. The predicted octanol–water partition coefficient (Wildman–Crippen LogP) is 2.20. The first-order valence-corrected chi connectivity index (χ1v) is 7.51. The molecule has 0 radical (unpaired) electrons. The van der Waals surface area contributed by atoms with Gasteiger partial charge in [-0.3, -0.25) is 0 Å². The van der Waals surface area contributed by atoms with Gasteiger partial charge >= 0.3 is 0 Å². The summed E-state index contributed by atoms with van der Waals surface area (Å²) in [5.74, 6) is 0. The Hall–Kier alpha value is -1.06. The van der Waals surface area contributed by atoms with Crippen LogP contribution in [0.3, 0.4) is 0 Å². The van der Waals surface area contributed by atoms with Crippen LogP contribution in [0.15, 0.2) is 30.3 Å². The van der Waals surface area contributed by atoms with Gasteiger partial charge in [0.25, 0.3) is 0 Å². The summed E-state index contributed by atoms with van der Waals surface area (Å²) in [5.41, 5.74) is 1.31. The Morgan fingerprint density at radius 2 is 2.11 bits per heavy atom. The molecule has 3 heteroatoms. The topological polar surface area (TPSA) is 18.5 Å². The maximum atomic E-state index is 3.55. The van der Waals surface area contributed by atoms with Crippen molar-refractivity contribution >= 4 is 5.69 Å². The molecule has 0 aliphatic carbocycles. The first-order chi connectivity index (χ1) is 9.29. The van der Waals surface area contributed by atoms with Crippen LogP contribution in [0.25, 0.3) is 0 Å². The molecule has 2 rings (SSSR count). The number of nitrogens with one attached hydrogen (secondary N) is 1. The van der Waals surface area contributed by atoms with E-state index in [9.17, 15) is 0 Å². The first kappa shape index (κ1) is 14.4. The fourth-order valence-corrected chi connectivity index (χ4v) is 2.83. The van der Waals surface area contributed by atoms with Crippen LogP contribution in [0.4, 0.5) is 5.69 Å². The Labute approximate surface area is 117 Å². The Bertz CT molecular complexity index is 352. The summed E-state index contributed by atoms with van der Waals surface area (Å²) in [6.45, 7) is 8.12. The van der Waals surface area contributed by atoms with Crippen molar-refractivity contribution in [3.63, 3.8) is 0 Å². The van der Waals surface area contributed by atoms with Crippen molar-refractivity contribution in [3.05, 3.63) is 30.3 Å². The number of nitrogens with zero attached hydrogens (tertiary/aromatic N) is 2. The molecular formula is C16H27N3. The quantitative estimate of drug-likeness (QED) is 0.812. The van der Waals surface area contributed by atoms with Gasteiger partial charge in [0, 0.05) is 31.9 Å². The summed E-state index contributed by atoms with van der Waals surface area (Å²) in [6, 6.07) is 11.4. The van der Waals surface area contributed by atoms with Gasteiger partial charge in [-0.05, 0) is 44.6 Å². The number of rotatable bonds is 7. The average molecular weight is 261 g/mol. The van der Waals surface area contributed by atoms with Crippen LogP contribution in [0, 0.1) is 0 Å². The molecule has 0 aromatic heterocycles. The van der Waals surface area contributed by atoms with Crippen LogP contribution >= 0.6 is 0 Å². The van der Waals surface area contributed by atoms with Crippen LogP contribution in [0.1, 0.15) is 19.8 Å². The highest BCUT2D eigenvalue weighted by atomic mass is 15.2. The Morgan fingerprint density at radius 1 is 1.32 bits per heavy atom. The second kappa shape index (κ2) is 7.51. The second-order valence-electron chi connectivity index (χ2n) is 5.45. The molecule has 1 fully saturated rings. The minimum Gasteiger partial charge on any atom is -0.375 e. The van der Waals surface area contributed by atoms with Gasteiger partial charge in [-0.2, -0.15) is 0 Å². The average Bonchev–Trinajstić information content (AvgIpc) is 2.88. The summed E-state index contributed by atoms with van der Waals surface area (Å²) in [7, 11) is 2.18. The number of hydrogen-bond acceptors (Lipinski definition) is 3. The Kier molecular flexibility index (Phi) is 5.67. The molecule has 1 heterocycles. The third-order valence-corrected chi connectivity index (χ3v) is 3.93. The Morgan fingerprint density at radius 3 is 2.84 bits per heavy atom. The predicted molar refractivity (Wildman–Crippen MR) is 82.9 cm³/mol. The minimum absolute atomic E-state index is 0.719. The van der Waals surface area contributed by atoms with Crippen LogP contribution < -0.4 is 10.2 Å². The maximum absolute atomic E-state index is 3.55. The molecule has 1 N–H and O–H groups in total. The fourth-order valence-electron chi connectivity index (χ4n) is 2.83. The standard InChI is InChI=1S/C16H27N3/c1-3-17-15-10-13-19(14-15)12-7-11-18(2)16-8-5-4-6-9-16/h4-6,8-9,15,17H,3,7,10-14H2,1-2H3. The van der Waals surface area contributed by atoms with Crippen LogP contribution in [0.5, 0.6) is 0 Å². The normalized spacial score (nSPS) is 19.8. The molecular weight excluding hydrogens is 234 g/mol. The number of likely N-dealkylation sites (tertiary alicyclic amines) is 1. The monoisotopic (exact) mass is 261 g/mol. The highest BCUT2D eigenvalue weighted by Crippen LogP contribution is 2.13. The zero-order valence-electron chi connectivity index (χ0n) is 12.3. The molecule has 1 aliphatic heterocycles. The zero-order chi connectivity index (χ0) is 13.5. The van der Waals surface area contributed by atoms with Gasteiger partial charge in [0.1, 0.15) is 0 Å². The van der Waals surface area contributed by atoms with Crippen molar-refractivity contribution in [2.45, 2.75) is 25.8 Å². The van der Waals surface area contributed by atoms with Crippen molar-refractivity contribution in [2.75, 3.05) is 44.7 Å². The van der Waals surface area contributed by atoms with Gasteiger partial charge in [0.2, 0.25) is 0 Å². The lowest BCUT2D eigenvalue weighted by molar-refractivity contribution is 0.325. The fraction of sp³-hybridized carbons (Fsp3) is 0.625. The molecule has 1 unspecified atom stereocenters. The Balaban J connectivity index is 1.64. The summed E-state index contributed by atoms with van der Waals surface area (Å²) in [5, 5.41) is 3.55. The van der Waals surface area contributed by atoms with E-state index in [0.717, 1.165) is 19.1 Å². The van der Waals surface area contributed by atoms with Crippen LogP contribution in [-0.2, 0) is 0 Å². The molecule has 0 amide bonds. The largest absolute Gasteiger partial charge is 0.375 e. The number of benzene rings is 1. The van der Waals surface area contributed by atoms with Crippen LogP contribution in [0.2, 0.25) is 0 Å². The van der Waals surface area contributed by atoms with Gasteiger partial charge in [-0.25, -0.2) is 0 Å². The van der Waals surface area contributed by atoms with Gasteiger partial charge in [-0.1, -0.05) is 25.1 Å². The van der Waals surface area contributed by atoms with Gasteiger partial charge in [-0.15, -0.1) is 0 Å². The summed E-state index contributed by atoms with van der Waals surface area (Å²) < 4.78 is 0. The molecule has 1 atom stereocenters. The maximum Gasteiger partial charge on any atom is 0.0363 e. The van der Waals surface area contributed by atoms with Crippen molar-refractivity contribution in [3.8, 4) is 0 Å². The molecule has 19 heavy (non-hydrogen) atoms. The molecule has 0 spiro atoms.